The normalized spacial score (nSPS) is 36.0. The predicted octanol–water partition coefficient (Wildman–Crippen LogP) is 2.37. The Hall–Kier alpha value is -0.610. The molecule has 0 heterocycles. The average molecular weight is 283 g/mol. The molecule has 20 heavy (non-hydrogen) atoms. The third-order valence-corrected chi connectivity index (χ3v) is 6.27. The maximum Gasteiger partial charge on any atom is 0.322 e. The summed E-state index contributed by atoms with van der Waals surface area (Å²) in [6.07, 6.45) is 4.78. The van der Waals surface area contributed by atoms with Crippen LogP contribution in [-0.4, -0.2) is 38.9 Å². The van der Waals surface area contributed by atoms with E-state index in [0.717, 1.165) is 5.92 Å². The molecule has 2 rings (SSSR count). The van der Waals surface area contributed by atoms with Gasteiger partial charge in [0.05, 0.1) is 13.2 Å². The van der Waals surface area contributed by atoms with Gasteiger partial charge in [0.25, 0.3) is 0 Å². The number of rotatable bonds is 6. The van der Waals surface area contributed by atoms with Crippen molar-refractivity contribution >= 4 is 5.97 Å². The van der Waals surface area contributed by atoms with E-state index >= 15 is 0 Å². The van der Waals surface area contributed by atoms with Crippen molar-refractivity contribution < 1.29 is 14.3 Å². The number of esters is 1. The monoisotopic (exact) mass is 283 g/mol. The minimum absolute atomic E-state index is 0.212. The first-order valence-electron chi connectivity index (χ1n) is 7.73. The molecule has 4 nitrogen and oxygen atoms in total. The van der Waals surface area contributed by atoms with Crippen LogP contribution in [0.15, 0.2) is 0 Å². The van der Waals surface area contributed by atoms with Gasteiger partial charge in [-0.25, -0.2) is 0 Å². The highest BCUT2D eigenvalue weighted by Crippen LogP contribution is 2.66. The fourth-order valence-corrected chi connectivity index (χ4v) is 4.23. The maximum atomic E-state index is 11.5. The van der Waals surface area contributed by atoms with Crippen LogP contribution >= 0.6 is 0 Å². The van der Waals surface area contributed by atoms with Crippen LogP contribution in [0.1, 0.15) is 46.5 Å². The van der Waals surface area contributed by atoms with E-state index in [1.54, 1.807) is 7.05 Å². The SMILES string of the molecule is CNC(CCOC1CC2CCC1(C)C2(C)C)C(=O)OC. The number of fused-ring (bicyclic) bond motifs is 2. The number of hydrogen-bond acceptors (Lipinski definition) is 4. The van der Waals surface area contributed by atoms with Crippen molar-refractivity contribution in [3.63, 3.8) is 0 Å². The van der Waals surface area contributed by atoms with Gasteiger partial charge in [0.1, 0.15) is 6.04 Å². The van der Waals surface area contributed by atoms with Crippen molar-refractivity contribution in [2.75, 3.05) is 20.8 Å². The lowest BCUT2D eigenvalue weighted by molar-refractivity contribution is -0.144. The highest BCUT2D eigenvalue weighted by molar-refractivity contribution is 5.75. The summed E-state index contributed by atoms with van der Waals surface area (Å²) in [7, 11) is 3.20. The molecule has 2 fully saturated rings. The van der Waals surface area contributed by atoms with Crippen LogP contribution in [0.2, 0.25) is 0 Å². The van der Waals surface area contributed by atoms with Gasteiger partial charge in [0.15, 0.2) is 0 Å². The van der Waals surface area contributed by atoms with Gasteiger partial charge in [0.2, 0.25) is 0 Å². The lowest BCUT2D eigenvalue weighted by Crippen LogP contribution is -2.39. The van der Waals surface area contributed by atoms with Crippen molar-refractivity contribution in [2.45, 2.75) is 58.6 Å². The Morgan fingerprint density at radius 3 is 2.55 bits per heavy atom. The molecule has 0 radical (unpaired) electrons. The molecule has 1 N–H and O–H groups in total. The summed E-state index contributed by atoms with van der Waals surface area (Å²) < 4.78 is 10.9. The van der Waals surface area contributed by atoms with E-state index in [0.29, 0.717) is 24.5 Å². The molecule has 0 aliphatic heterocycles. The van der Waals surface area contributed by atoms with Crippen LogP contribution in [0.4, 0.5) is 0 Å². The summed E-state index contributed by atoms with van der Waals surface area (Å²) in [6, 6.07) is -0.264. The second-order valence-electron chi connectivity index (χ2n) is 7.12. The molecule has 0 aromatic heterocycles. The fraction of sp³-hybridized carbons (Fsp3) is 0.938. The lowest BCUT2D eigenvalue weighted by Gasteiger charge is -2.39. The quantitative estimate of drug-likeness (QED) is 0.760. The Morgan fingerprint density at radius 1 is 1.40 bits per heavy atom. The lowest BCUT2D eigenvalue weighted by atomic mass is 9.70. The van der Waals surface area contributed by atoms with E-state index < -0.39 is 0 Å². The van der Waals surface area contributed by atoms with Crippen molar-refractivity contribution in [1.29, 1.82) is 0 Å². The average Bonchev–Trinajstić information content (AvgIpc) is 2.75. The van der Waals surface area contributed by atoms with Crippen molar-refractivity contribution in [2.24, 2.45) is 16.7 Å². The van der Waals surface area contributed by atoms with E-state index in [-0.39, 0.29) is 17.4 Å². The van der Waals surface area contributed by atoms with Gasteiger partial charge in [-0.2, -0.15) is 0 Å². The van der Waals surface area contributed by atoms with Crippen LogP contribution in [0.3, 0.4) is 0 Å². The van der Waals surface area contributed by atoms with E-state index in [4.69, 9.17) is 9.47 Å². The molecule has 4 atom stereocenters. The van der Waals surface area contributed by atoms with Crippen molar-refractivity contribution in [3.8, 4) is 0 Å². The smallest absolute Gasteiger partial charge is 0.322 e. The van der Waals surface area contributed by atoms with Crippen LogP contribution in [0.5, 0.6) is 0 Å². The number of methoxy groups -OCH3 is 1. The second-order valence-corrected chi connectivity index (χ2v) is 7.12. The summed E-state index contributed by atoms with van der Waals surface area (Å²) in [5.41, 5.74) is 0.667. The number of carbonyl (C=O) groups is 1. The first-order chi connectivity index (χ1) is 9.36. The van der Waals surface area contributed by atoms with Gasteiger partial charge in [-0.15, -0.1) is 0 Å². The van der Waals surface area contributed by atoms with E-state index in [9.17, 15) is 4.79 Å². The summed E-state index contributed by atoms with van der Waals surface area (Å²) in [6.45, 7) is 7.77. The molecule has 2 bridgehead atoms. The Bertz CT molecular complexity index is 369. The molecule has 4 heteroatoms. The highest BCUT2D eigenvalue weighted by Gasteiger charge is 2.61. The largest absolute Gasteiger partial charge is 0.468 e. The summed E-state index contributed by atoms with van der Waals surface area (Å²) in [5.74, 6) is 0.578. The molecule has 0 aromatic rings. The van der Waals surface area contributed by atoms with Gasteiger partial charge in [-0.3, -0.25) is 4.79 Å². The fourth-order valence-electron chi connectivity index (χ4n) is 4.23. The molecule has 0 spiro atoms. The van der Waals surface area contributed by atoms with E-state index in [1.807, 2.05) is 0 Å². The maximum absolute atomic E-state index is 11.5. The molecule has 0 aromatic carbocycles. The van der Waals surface area contributed by atoms with Crippen LogP contribution in [-0.2, 0) is 14.3 Å². The number of nitrogens with one attached hydrogen (secondary N) is 1. The van der Waals surface area contributed by atoms with Crippen LogP contribution in [0.25, 0.3) is 0 Å². The predicted molar refractivity (Wildman–Crippen MR) is 78.4 cm³/mol. The summed E-state index contributed by atoms with van der Waals surface area (Å²) >= 11 is 0. The zero-order valence-corrected chi connectivity index (χ0v) is 13.5. The van der Waals surface area contributed by atoms with Crippen LogP contribution < -0.4 is 5.32 Å². The Balaban J connectivity index is 1.86. The molecule has 2 saturated carbocycles. The number of carbonyl (C=O) groups excluding carboxylic acids is 1. The molecule has 116 valence electrons. The number of hydrogen-bond donors (Lipinski definition) is 1. The Labute approximate surface area is 122 Å². The molecule has 0 saturated heterocycles. The third kappa shape index (κ3) is 2.37. The highest BCUT2D eigenvalue weighted by atomic mass is 16.5. The molecular weight excluding hydrogens is 254 g/mol. The van der Waals surface area contributed by atoms with Gasteiger partial charge < -0.3 is 14.8 Å². The summed E-state index contributed by atoms with van der Waals surface area (Å²) in [4.78, 5) is 11.5. The van der Waals surface area contributed by atoms with E-state index in [1.165, 1.54) is 26.4 Å². The minimum Gasteiger partial charge on any atom is -0.468 e. The molecule has 2 aliphatic carbocycles. The standard InChI is InChI=1S/C16H29NO3/c1-15(2)11-6-8-16(15,3)13(10-11)20-9-7-12(17-4)14(18)19-5/h11-13,17H,6-10H2,1-5H3. The summed E-state index contributed by atoms with van der Waals surface area (Å²) in [5, 5.41) is 2.98. The van der Waals surface area contributed by atoms with Gasteiger partial charge in [-0.1, -0.05) is 20.8 Å². The Kier molecular flexibility index (Phi) is 4.45. The van der Waals surface area contributed by atoms with E-state index in [2.05, 4.69) is 26.1 Å². The van der Waals surface area contributed by atoms with Gasteiger partial charge in [-0.05, 0) is 49.5 Å². The molecule has 2 aliphatic rings. The first-order valence-corrected chi connectivity index (χ1v) is 7.73. The molecular formula is C16H29NO3. The molecule has 4 unspecified atom stereocenters. The molecule has 0 amide bonds. The van der Waals surface area contributed by atoms with Crippen molar-refractivity contribution in [1.82, 2.24) is 5.32 Å². The third-order valence-electron chi connectivity index (χ3n) is 6.27. The first kappa shape index (κ1) is 15.8. The number of likely N-dealkylation sites (N-methyl/N-ethyl adjacent to an activating group) is 1. The Morgan fingerprint density at radius 2 is 2.10 bits per heavy atom. The van der Waals surface area contributed by atoms with Crippen LogP contribution in [0, 0.1) is 16.7 Å². The van der Waals surface area contributed by atoms with Gasteiger partial charge >= 0.3 is 5.97 Å². The van der Waals surface area contributed by atoms with Crippen molar-refractivity contribution in [3.05, 3.63) is 0 Å². The topological polar surface area (TPSA) is 47.6 Å². The minimum atomic E-state index is -0.264. The second kappa shape index (κ2) is 5.64. The van der Waals surface area contributed by atoms with Gasteiger partial charge in [0, 0.05) is 6.61 Å². The number of ether oxygens (including phenoxy) is 2. The zero-order valence-electron chi connectivity index (χ0n) is 13.5. The zero-order chi connectivity index (χ0) is 15.0.